The van der Waals surface area contributed by atoms with Gasteiger partial charge in [-0.1, -0.05) is 15.9 Å². The smallest absolute Gasteiger partial charge is 0.314 e. The Bertz CT molecular complexity index is 798. The van der Waals surface area contributed by atoms with Gasteiger partial charge in [0.15, 0.2) is 0 Å². The first kappa shape index (κ1) is 20.3. The molecule has 0 unspecified atom stereocenters. The second-order valence-electron chi connectivity index (χ2n) is 6.83. The Labute approximate surface area is 171 Å². The largest absolute Gasteiger partial charge is 0.343 e. The number of hydrogen-bond donors (Lipinski definition) is 2. The third-order valence-electron chi connectivity index (χ3n) is 4.84. The molecule has 2 aliphatic heterocycles. The van der Waals surface area contributed by atoms with Gasteiger partial charge in [0, 0.05) is 43.6 Å². The fraction of sp³-hybridized carbons (Fsp3) is 0.474. The zero-order valence-corrected chi connectivity index (χ0v) is 17.1. The second-order valence-corrected chi connectivity index (χ2v) is 7.74. The minimum Gasteiger partial charge on any atom is -0.343 e. The lowest BCUT2D eigenvalue weighted by Crippen LogP contribution is -2.39. The summed E-state index contributed by atoms with van der Waals surface area (Å²) in [7, 11) is 0. The highest BCUT2D eigenvalue weighted by molar-refractivity contribution is 9.10. The number of fused-ring (bicyclic) bond motifs is 1. The van der Waals surface area contributed by atoms with E-state index in [0.717, 1.165) is 17.4 Å². The number of hydrogen-bond acceptors (Lipinski definition) is 4. The van der Waals surface area contributed by atoms with Crippen molar-refractivity contribution in [2.24, 2.45) is 0 Å². The van der Waals surface area contributed by atoms with Crippen LogP contribution in [0.15, 0.2) is 22.7 Å². The van der Waals surface area contributed by atoms with Crippen molar-refractivity contribution in [3.63, 3.8) is 0 Å². The third-order valence-corrected chi connectivity index (χ3v) is 5.33. The number of nitrogens with one attached hydrogen (secondary N) is 2. The summed E-state index contributed by atoms with van der Waals surface area (Å²) in [6.45, 7) is 2.56. The SMILES string of the molecule is O=C(NCCCN1CCCC1=O)NCCCN1C(=O)c2ccc(Br)cc2C1=O. The molecule has 0 aliphatic carbocycles. The van der Waals surface area contributed by atoms with Crippen LogP contribution in [-0.2, 0) is 4.79 Å². The van der Waals surface area contributed by atoms with Crippen LogP contribution in [0.1, 0.15) is 46.4 Å². The third kappa shape index (κ3) is 4.70. The van der Waals surface area contributed by atoms with E-state index in [1.165, 1.54) is 4.90 Å². The van der Waals surface area contributed by atoms with E-state index in [1.807, 2.05) is 4.90 Å². The van der Waals surface area contributed by atoms with Crippen LogP contribution >= 0.6 is 15.9 Å². The van der Waals surface area contributed by atoms with Gasteiger partial charge in [-0.25, -0.2) is 4.79 Å². The Morgan fingerprint density at radius 3 is 2.36 bits per heavy atom. The molecule has 1 fully saturated rings. The van der Waals surface area contributed by atoms with Crippen molar-refractivity contribution in [3.05, 3.63) is 33.8 Å². The molecule has 0 radical (unpaired) electrons. The van der Waals surface area contributed by atoms with E-state index in [2.05, 4.69) is 26.6 Å². The molecule has 9 heteroatoms. The van der Waals surface area contributed by atoms with E-state index >= 15 is 0 Å². The monoisotopic (exact) mass is 450 g/mol. The van der Waals surface area contributed by atoms with Gasteiger partial charge in [-0.05, 0) is 37.5 Å². The molecule has 1 saturated heterocycles. The number of carbonyl (C=O) groups is 4. The summed E-state index contributed by atoms with van der Waals surface area (Å²) in [5.41, 5.74) is 0.817. The molecule has 0 saturated carbocycles. The maximum absolute atomic E-state index is 12.4. The van der Waals surface area contributed by atoms with Crippen molar-refractivity contribution < 1.29 is 19.2 Å². The summed E-state index contributed by atoms with van der Waals surface area (Å²) in [5.74, 6) is -0.416. The molecule has 150 valence electrons. The fourth-order valence-corrected chi connectivity index (χ4v) is 3.74. The van der Waals surface area contributed by atoms with Crippen LogP contribution in [0.3, 0.4) is 0 Å². The number of halogens is 1. The molecular formula is C19H23BrN4O4. The maximum Gasteiger partial charge on any atom is 0.314 e. The van der Waals surface area contributed by atoms with Gasteiger partial charge in [-0.15, -0.1) is 0 Å². The van der Waals surface area contributed by atoms with Gasteiger partial charge in [0.25, 0.3) is 11.8 Å². The van der Waals surface area contributed by atoms with Crippen molar-refractivity contribution in [2.75, 3.05) is 32.7 Å². The van der Waals surface area contributed by atoms with Gasteiger partial charge in [-0.2, -0.15) is 0 Å². The average molecular weight is 451 g/mol. The van der Waals surface area contributed by atoms with E-state index in [9.17, 15) is 19.2 Å². The molecule has 0 atom stereocenters. The summed E-state index contributed by atoms with van der Waals surface area (Å²) >= 11 is 3.30. The van der Waals surface area contributed by atoms with E-state index in [0.29, 0.717) is 50.0 Å². The van der Waals surface area contributed by atoms with Crippen LogP contribution in [0.4, 0.5) is 4.79 Å². The first-order valence-electron chi connectivity index (χ1n) is 9.42. The van der Waals surface area contributed by atoms with Crippen LogP contribution in [0.2, 0.25) is 0 Å². The number of urea groups is 1. The number of likely N-dealkylation sites (tertiary alicyclic amines) is 1. The first-order valence-corrected chi connectivity index (χ1v) is 10.2. The minimum absolute atomic E-state index is 0.185. The Morgan fingerprint density at radius 1 is 1.00 bits per heavy atom. The van der Waals surface area contributed by atoms with Gasteiger partial charge in [0.2, 0.25) is 5.91 Å². The Morgan fingerprint density at radius 2 is 1.68 bits per heavy atom. The highest BCUT2D eigenvalue weighted by Gasteiger charge is 2.34. The minimum atomic E-state index is -0.304. The lowest BCUT2D eigenvalue weighted by atomic mass is 10.1. The van der Waals surface area contributed by atoms with E-state index in [-0.39, 0.29) is 30.3 Å². The van der Waals surface area contributed by atoms with E-state index in [1.54, 1.807) is 18.2 Å². The molecule has 5 amide bonds. The number of carbonyl (C=O) groups excluding carboxylic acids is 4. The summed E-state index contributed by atoms with van der Waals surface area (Å²) < 4.78 is 0.752. The van der Waals surface area contributed by atoms with Crippen molar-refractivity contribution in [2.45, 2.75) is 25.7 Å². The van der Waals surface area contributed by atoms with Crippen LogP contribution in [0.25, 0.3) is 0 Å². The Balaban J connectivity index is 1.31. The summed E-state index contributed by atoms with van der Waals surface area (Å²) in [6.07, 6.45) is 2.72. The number of amides is 5. The summed E-state index contributed by atoms with van der Waals surface area (Å²) in [5, 5.41) is 5.46. The molecule has 0 aromatic heterocycles. The summed E-state index contributed by atoms with van der Waals surface area (Å²) in [4.78, 5) is 51.0. The van der Waals surface area contributed by atoms with Crippen LogP contribution < -0.4 is 10.6 Å². The molecule has 1 aromatic rings. The zero-order valence-electron chi connectivity index (χ0n) is 15.5. The lowest BCUT2D eigenvalue weighted by molar-refractivity contribution is -0.127. The van der Waals surface area contributed by atoms with Crippen molar-refractivity contribution in [1.82, 2.24) is 20.4 Å². The van der Waals surface area contributed by atoms with Gasteiger partial charge in [0.1, 0.15) is 0 Å². The molecule has 1 aromatic carbocycles. The van der Waals surface area contributed by atoms with E-state index < -0.39 is 0 Å². The van der Waals surface area contributed by atoms with Crippen LogP contribution in [0, 0.1) is 0 Å². The predicted molar refractivity (Wildman–Crippen MR) is 106 cm³/mol. The highest BCUT2D eigenvalue weighted by atomic mass is 79.9. The zero-order chi connectivity index (χ0) is 20.1. The number of imide groups is 1. The normalized spacial score (nSPS) is 16.0. The van der Waals surface area contributed by atoms with Gasteiger partial charge in [-0.3, -0.25) is 19.3 Å². The predicted octanol–water partition coefficient (Wildman–Crippen LogP) is 1.75. The molecule has 2 aliphatic rings. The lowest BCUT2D eigenvalue weighted by Gasteiger charge is -2.16. The summed E-state index contributed by atoms with van der Waals surface area (Å²) in [6, 6.07) is 4.73. The molecule has 0 spiro atoms. The highest BCUT2D eigenvalue weighted by Crippen LogP contribution is 2.25. The quantitative estimate of drug-likeness (QED) is 0.465. The molecule has 8 nitrogen and oxygen atoms in total. The molecule has 3 rings (SSSR count). The first-order chi connectivity index (χ1) is 13.5. The van der Waals surface area contributed by atoms with Crippen molar-refractivity contribution >= 4 is 39.7 Å². The van der Waals surface area contributed by atoms with E-state index in [4.69, 9.17) is 0 Å². The molecule has 2 N–H and O–H groups in total. The molecule has 2 heterocycles. The molecular weight excluding hydrogens is 428 g/mol. The van der Waals surface area contributed by atoms with Crippen molar-refractivity contribution in [1.29, 1.82) is 0 Å². The maximum atomic E-state index is 12.4. The number of rotatable bonds is 8. The second kappa shape index (κ2) is 9.18. The number of nitrogens with zero attached hydrogens (tertiary/aromatic N) is 2. The van der Waals surface area contributed by atoms with Gasteiger partial charge in [0.05, 0.1) is 11.1 Å². The van der Waals surface area contributed by atoms with Gasteiger partial charge < -0.3 is 15.5 Å². The van der Waals surface area contributed by atoms with Gasteiger partial charge >= 0.3 is 6.03 Å². The number of benzene rings is 1. The Kier molecular flexibility index (Phi) is 6.66. The van der Waals surface area contributed by atoms with Crippen LogP contribution in [0.5, 0.6) is 0 Å². The van der Waals surface area contributed by atoms with Crippen molar-refractivity contribution in [3.8, 4) is 0 Å². The standard InChI is InChI=1S/C19H23BrN4O4/c20-13-5-6-14-15(12-13)18(27)24(17(14)26)11-3-8-22-19(28)21-7-2-10-23-9-1-4-16(23)25/h5-6,12H,1-4,7-11H2,(H2,21,22,28). The molecule has 0 bridgehead atoms. The average Bonchev–Trinajstić information content (AvgIpc) is 3.18. The Hall–Kier alpha value is -2.42. The topological polar surface area (TPSA) is 98.8 Å². The molecule has 28 heavy (non-hydrogen) atoms. The van der Waals surface area contributed by atoms with Crippen LogP contribution in [-0.4, -0.2) is 66.3 Å². The fourth-order valence-electron chi connectivity index (χ4n) is 3.38.